The van der Waals surface area contributed by atoms with E-state index < -0.39 is 25.5 Å². The molecular weight excluding hydrogens is 837 g/mol. The third kappa shape index (κ3) is 7.09. The van der Waals surface area contributed by atoms with Crippen molar-refractivity contribution in [1.82, 2.24) is 9.97 Å². The zero-order valence-electron chi connectivity index (χ0n) is 38.8. The molecule has 5 aromatic carbocycles. The Labute approximate surface area is 344 Å². The molecule has 1 radical (unpaired) electrons. The summed E-state index contributed by atoms with van der Waals surface area (Å²) in [5.41, 5.74) is 12.0. The van der Waals surface area contributed by atoms with Gasteiger partial charge in [0, 0.05) is 59.8 Å². The average Bonchev–Trinajstić information content (AvgIpc) is 3.72. The molecule has 0 unspecified atom stereocenters. The Balaban J connectivity index is 0.000000233. The number of fused-ring (bicyclic) bond motifs is 7. The maximum absolute atomic E-state index is 8.61. The van der Waals surface area contributed by atoms with Crippen LogP contribution in [0.5, 0.6) is 0 Å². The van der Waals surface area contributed by atoms with Gasteiger partial charge >= 0.3 is 0 Å². The largest absolute Gasteiger partial charge is 0.500 e. The predicted octanol–water partition coefficient (Wildman–Crippen LogP) is 13.2. The van der Waals surface area contributed by atoms with Crippen LogP contribution in [0.1, 0.15) is 73.4 Å². The first kappa shape index (κ1) is 28.3. The number of hydrogen-bond acceptors (Lipinski definition) is 3. The molecule has 1 aliphatic carbocycles. The van der Waals surface area contributed by atoms with E-state index in [2.05, 4.69) is 79.5 Å². The third-order valence-corrected chi connectivity index (χ3v) is 9.72. The van der Waals surface area contributed by atoms with E-state index in [-0.39, 0.29) is 36.6 Å². The summed E-state index contributed by atoms with van der Waals surface area (Å²) in [7, 11) is 0. The van der Waals surface area contributed by atoms with E-state index in [1.807, 2.05) is 63.4 Å². The van der Waals surface area contributed by atoms with E-state index in [0.717, 1.165) is 44.3 Å². The Morgan fingerprint density at radius 3 is 2.24 bits per heavy atom. The molecule has 0 amide bonds. The fraction of sp³-hybridized carbons (Fsp3) is 0.200. The minimum absolute atomic E-state index is 0. The molecule has 271 valence electrons. The molecule has 0 spiro atoms. The van der Waals surface area contributed by atoms with Crippen LogP contribution < -0.4 is 0 Å². The second-order valence-corrected chi connectivity index (χ2v) is 15.0. The molecule has 0 N–H and O–H groups in total. The maximum atomic E-state index is 8.61. The summed E-state index contributed by atoms with van der Waals surface area (Å²) in [4.78, 5) is 8.80. The van der Waals surface area contributed by atoms with Gasteiger partial charge in [-0.3, -0.25) is 0 Å². The normalized spacial score (nSPS) is 15.7. The number of benzene rings is 5. The van der Waals surface area contributed by atoms with Gasteiger partial charge in [-0.2, -0.15) is 0 Å². The summed E-state index contributed by atoms with van der Waals surface area (Å²) in [6, 6.07) is 42.8. The molecule has 3 nitrogen and oxygen atoms in total. The second-order valence-electron chi connectivity index (χ2n) is 15.0. The number of aromatic nitrogens is 2. The minimum Gasteiger partial charge on any atom is -0.500 e. The van der Waals surface area contributed by atoms with Gasteiger partial charge < -0.3 is 14.4 Å². The van der Waals surface area contributed by atoms with Crippen LogP contribution in [0.15, 0.2) is 132 Å². The Hall–Kier alpha value is -5.15. The zero-order valence-corrected chi connectivity index (χ0v) is 33.2. The molecule has 0 bridgehead atoms. The first-order chi connectivity index (χ1) is 28.7. The van der Waals surface area contributed by atoms with Crippen LogP contribution in [-0.2, 0) is 31.9 Å². The summed E-state index contributed by atoms with van der Waals surface area (Å²) in [6.07, 6.45) is 1.69. The summed E-state index contributed by atoms with van der Waals surface area (Å²) in [5.74, 6) is 0. The fourth-order valence-corrected chi connectivity index (χ4v) is 7.30. The number of hydrogen-bond donors (Lipinski definition) is 0. The van der Waals surface area contributed by atoms with Crippen LogP contribution in [0.3, 0.4) is 0 Å². The van der Waals surface area contributed by atoms with Crippen molar-refractivity contribution in [3.63, 3.8) is 0 Å². The summed E-state index contributed by atoms with van der Waals surface area (Å²) < 4.78 is 67.6. The molecule has 0 atom stereocenters. The van der Waals surface area contributed by atoms with Gasteiger partial charge in [0.25, 0.3) is 0 Å². The van der Waals surface area contributed by atoms with Crippen molar-refractivity contribution in [1.29, 1.82) is 0 Å². The van der Waals surface area contributed by atoms with Crippen LogP contribution in [0.25, 0.3) is 66.7 Å². The maximum Gasteiger partial charge on any atom is 0.125 e. The van der Waals surface area contributed by atoms with Gasteiger partial charge in [-0.1, -0.05) is 131 Å². The SMILES string of the molecule is [2H]C([2H])([2H])c1c[c-]c(-c2ccc(C([2H])([2H])[2H])cn2)cc1.[2H]C([2H])(c1ccc(-c2ccnc(-c3[c-]ccc4c3oc3c5c(ccc34)-c3ccccc3C5(C)C)c2)cc1)C(C)(C)C.[Ir]. The van der Waals surface area contributed by atoms with Gasteiger partial charge in [-0.25, -0.2) is 0 Å². The standard InChI is InChI=1S/C37H32NO.C13H12N.Ir/c1-36(2,3)22-23-13-15-24(16-14-23)25-19-20-38-32(21-25)30-11-8-10-28-29-18-17-27-26-9-6-7-12-31(26)37(4,5)33(27)35(29)39-34(28)30;1-10-3-6-12(7-4-10)13-8-5-11(2)9-14-13;/h6-10,12-21H,22H2,1-5H3;3-6,8-9H,1-2H3;/q2*-1;/i22D2;1D3,2D3;. The molecule has 3 aromatic heterocycles. The van der Waals surface area contributed by atoms with Crippen molar-refractivity contribution in [2.24, 2.45) is 5.41 Å². The Morgan fingerprint density at radius 1 is 0.741 bits per heavy atom. The Bertz CT molecular complexity index is 2850. The van der Waals surface area contributed by atoms with Gasteiger partial charge in [0.2, 0.25) is 0 Å². The van der Waals surface area contributed by atoms with E-state index in [9.17, 15) is 0 Å². The molecule has 0 saturated carbocycles. The molecule has 9 rings (SSSR count). The summed E-state index contributed by atoms with van der Waals surface area (Å²) >= 11 is 0. The number of furan rings is 1. The Morgan fingerprint density at radius 2 is 1.52 bits per heavy atom. The first-order valence-corrected chi connectivity index (χ1v) is 17.7. The first-order valence-electron chi connectivity index (χ1n) is 21.7. The van der Waals surface area contributed by atoms with Gasteiger partial charge in [0.15, 0.2) is 0 Å². The molecule has 3 heterocycles. The molecule has 4 heteroatoms. The molecule has 8 aromatic rings. The van der Waals surface area contributed by atoms with E-state index in [4.69, 9.17) is 20.4 Å². The predicted molar refractivity (Wildman–Crippen MR) is 220 cm³/mol. The van der Waals surface area contributed by atoms with Crippen LogP contribution in [0.2, 0.25) is 0 Å². The van der Waals surface area contributed by atoms with Crippen LogP contribution >= 0.6 is 0 Å². The fourth-order valence-electron chi connectivity index (χ4n) is 7.30. The third-order valence-electron chi connectivity index (χ3n) is 9.72. The van der Waals surface area contributed by atoms with Crippen molar-refractivity contribution >= 4 is 21.9 Å². The van der Waals surface area contributed by atoms with Crippen LogP contribution in [0, 0.1) is 31.3 Å². The number of rotatable bonds is 4. The quantitative estimate of drug-likeness (QED) is 0.165. The van der Waals surface area contributed by atoms with Crippen molar-refractivity contribution in [3.8, 4) is 44.8 Å². The molecule has 0 fully saturated rings. The van der Waals surface area contributed by atoms with Crippen LogP contribution in [0.4, 0.5) is 0 Å². The van der Waals surface area contributed by atoms with Gasteiger partial charge in [-0.15, -0.1) is 53.6 Å². The van der Waals surface area contributed by atoms with E-state index in [1.165, 1.54) is 46.6 Å². The Kier molecular flexibility index (Phi) is 7.65. The molecule has 0 aliphatic heterocycles. The smallest absolute Gasteiger partial charge is 0.125 e. The molecule has 54 heavy (non-hydrogen) atoms. The van der Waals surface area contributed by atoms with E-state index >= 15 is 0 Å². The molecule has 0 saturated heterocycles. The summed E-state index contributed by atoms with van der Waals surface area (Å²) in [5, 5.41) is 2.17. The number of aryl methyl sites for hydroxylation is 2. The van der Waals surface area contributed by atoms with E-state index in [1.54, 1.807) is 12.1 Å². The monoisotopic (exact) mass is 889 g/mol. The summed E-state index contributed by atoms with van der Waals surface area (Å²) in [6.45, 7) is 6.01. The molecular formula is C50H44IrN2O-2. The second kappa shape index (κ2) is 14.6. The van der Waals surface area contributed by atoms with Crippen molar-refractivity contribution in [2.45, 2.75) is 60.1 Å². The number of nitrogens with zero attached hydrogens (tertiary/aromatic N) is 2. The van der Waals surface area contributed by atoms with Crippen molar-refractivity contribution < 1.29 is 35.5 Å². The van der Waals surface area contributed by atoms with Gasteiger partial charge in [-0.05, 0) is 75.0 Å². The number of pyridine rings is 2. The van der Waals surface area contributed by atoms with Crippen molar-refractivity contribution in [3.05, 3.63) is 168 Å². The minimum atomic E-state index is -2.18. The molecule has 1 aliphatic rings. The van der Waals surface area contributed by atoms with Gasteiger partial charge in [0.1, 0.15) is 5.58 Å². The van der Waals surface area contributed by atoms with Crippen molar-refractivity contribution in [2.75, 3.05) is 0 Å². The zero-order chi connectivity index (χ0) is 43.7. The van der Waals surface area contributed by atoms with Gasteiger partial charge in [0.05, 0.1) is 5.58 Å². The van der Waals surface area contributed by atoms with Crippen LogP contribution in [-0.4, -0.2) is 9.97 Å². The van der Waals surface area contributed by atoms with E-state index in [0.29, 0.717) is 16.8 Å². The topological polar surface area (TPSA) is 38.9 Å². The average molecular weight is 889 g/mol.